The van der Waals surface area contributed by atoms with Gasteiger partial charge in [-0.15, -0.1) is 0 Å². The Hall–Kier alpha value is -1.02. The first-order valence-electron chi connectivity index (χ1n) is 6.03. The molecule has 0 heterocycles. The molecule has 0 saturated carbocycles. The molecule has 2 heteroatoms. The molecule has 0 radical (unpaired) electrons. The van der Waals surface area contributed by atoms with Gasteiger partial charge in [0.15, 0.2) is 0 Å². The molecule has 0 aromatic heterocycles. The van der Waals surface area contributed by atoms with Crippen LogP contribution in [0.2, 0.25) is 0 Å². The van der Waals surface area contributed by atoms with Gasteiger partial charge in [0.1, 0.15) is 5.75 Å². The number of ether oxygens (including phenoxy) is 1. The molecule has 0 aliphatic carbocycles. The monoisotopic (exact) mass is 221 g/mol. The molecule has 0 bridgehead atoms. The highest BCUT2D eigenvalue weighted by atomic mass is 16.5. The maximum atomic E-state index is 5.92. The summed E-state index contributed by atoms with van der Waals surface area (Å²) in [6.45, 7) is 9.19. The molecule has 2 atom stereocenters. The van der Waals surface area contributed by atoms with Crippen molar-refractivity contribution < 1.29 is 4.74 Å². The number of benzene rings is 1. The Morgan fingerprint density at radius 2 is 2.00 bits per heavy atom. The third-order valence-electron chi connectivity index (χ3n) is 2.88. The molecule has 2 N–H and O–H groups in total. The summed E-state index contributed by atoms with van der Waals surface area (Å²) in [6, 6.07) is 6.23. The molecule has 0 spiro atoms. The predicted molar refractivity (Wildman–Crippen MR) is 68.7 cm³/mol. The fourth-order valence-corrected chi connectivity index (χ4v) is 1.49. The molecule has 0 saturated heterocycles. The maximum Gasteiger partial charge on any atom is 0.124 e. The molecule has 0 fully saturated rings. The van der Waals surface area contributed by atoms with Crippen molar-refractivity contribution in [3.63, 3.8) is 0 Å². The molecular weight excluding hydrogens is 198 g/mol. The summed E-state index contributed by atoms with van der Waals surface area (Å²) >= 11 is 0. The van der Waals surface area contributed by atoms with Crippen LogP contribution in [0.15, 0.2) is 18.2 Å². The summed E-state index contributed by atoms with van der Waals surface area (Å²) in [5.41, 5.74) is 8.23. The van der Waals surface area contributed by atoms with E-state index in [9.17, 15) is 0 Å². The third-order valence-corrected chi connectivity index (χ3v) is 2.88. The Bertz CT molecular complexity index is 334. The number of rotatable bonds is 5. The van der Waals surface area contributed by atoms with Crippen molar-refractivity contribution in [1.82, 2.24) is 0 Å². The first-order valence-corrected chi connectivity index (χ1v) is 6.03. The van der Waals surface area contributed by atoms with Crippen molar-refractivity contribution in [1.29, 1.82) is 0 Å². The molecule has 90 valence electrons. The van der Waals surface area contributed by atoms with Gasteiger partial charge in [-0.3, -0.25) is 0 Å². The van der Waals surface area contributed by atoms with Gasteiger partial charge in [0, 0.05) is 11.6 Å². The minimum Gasteiger partial charge on any atom is -0.493 e. The topological polar surface area (TPSA) is 35.2 Å². The van der Waals surface area contributed by atoms with Crippen LogP contribution >= 0.6 is 0 Å². The van der Waals surface area contributed by atoms with E-state index in [4.69, 9.17) is 10.5 Å². The van der Waals surface area contributed by atoms with Gasteiger partial charge in [-0.2, -0.15) is 0 Å². The summed E-state index contributed by atoms with van der Waals surface area (Å²) in [4.78, 5) is 0. The van der Waals surface area contributed by atoms with Crippen LogP contribution < -0.4 is 10.5 Å². The molecule has 0 aliphatic heterocycles. The third kappa shape index (κ3) is 3.53. The number of nitrogens with two attached hydrogens (primary N) is 1. The Labute approximate surface area is 98.8 Å². The van der Waals surface area contributed by atoms with Crippen molar-refractivity contribution in [3.8, 4) is 5.75 Å². The lowest BCUT2D eigenvalue weighted by atomic mass is 10.1. The molecule has 1 unspecified atom stereocenters. The summed E-state index contributed by atoms with van der Waals surface area (Å²) < 4.78 is 5.85. The van der Waals surface area contributed by atoms with E-state index >= 15 is 0 Å². The van der Waals surface area contributed by atoms with Crippen molar-refractivity contribution in [2.45, 2.75) is 40.2 Å². The lowest BCUT2D eigenvalue weighted by Gasteiger charge is -2.17. The van der Waals surface area contributed by atoms with Crippen LogP contribution in [0, 0.1) is 12.8 Å². The van der Waals surface area contributed by atoms with Gasteiger partial charge in [-0.05, 0) is 31.4 Å². The Kier molecular flexibility index (Phi) is 4.81. The SMILES string of the molecule is CCC(C)COc1cc(C)ccc1[C@@H](C)N. The Morgan fingerprint density at radius 1 is 1.31 bits per heavy atom. The van der Waals surface area contributed by atoms with E-state index < -0.39 is 0 Å². The van der Waals surface area contributed by atoms with Gasteiger partial charge in [0.2, 0.25) is 0 Å². The Balaban J connectivity index is 2.80. The second kappa shape index (κ2) is 5.90. The van der Waals surface area contributed by atoms with E-state index in [-0.39, 0.29) is 6.04 Å². The second-order valence-corrected chi connectivity index (χ2v) is 4.65. The van der Waals surface area contributed by atoms with Gasteiger partial charge < -0.3 is 10.5 Å². The smallest absolute Gasteiger partial charge is 0.124 e. The van der Waals surface area contributed by atoms with Gasteiger partial charge in [-0.25, -0.2) is 0 Å². The quantitative estimate of drug-likeness (QED) is 0.826. The normalized spacial score (nSPS) is 14.6. The highest BCUT2D eigenvalue weighted by molar-refractivity contribution is 5.38. The average Bonchev–Trinajstić information content (AvgIpc) is 2.25. The molecule has 16 heavy (non-hydrogen) atoms. The first-order chi connectivity index (χ1) is 7.54. The van der Waals surface area contributed by atoms with Crippen LogP contribution in [-0.4, -0.2) is 6.61 Å². The van der Waals surface area contributed by atoms with E-state index in [2.05, 4.69) is 39.0 Å². The summed E-state index contributed by atoms with van der Waals surface area (Å²) in [5, 5.41) is 0. The standard InChI is InChI=1S/C14H23NO/c1-5-10(2)9-16-14-8-11(3)6-7-13(14)12(4)15/h6-8,10,12H,5,9,15H2,1-4H3/t10?,12-/m1/s1. The van der Waals surface area contributed by atoms with E-state index in [0.717, 1.165) is 24.3 Å². The highest BCUT2D eigenvalue weighted by Crippen LogP contribution is 2.25. The van der Waals surface area contributed by atoms with E-state index in [1.54, 1.807) is 0 Å². The Morgan fingerprint density at radius 3 is 2.56 bits per heavy atom. The zero-order chi connectivity index (χ0) is 12.1. The van der Waals surface area contributed by atoms with Crippen LogP contribution in [0.3, 0.4) is 0 Å². The number of hydrogen-bond acceptors (Lipinski definition) is 2. The van der Waals surface area contributed by atoms with Crippen LogP contribution in [0.5, 0.6) is 5.75 Å². The minimum absolute atomic E-state index is 0.0209. The number of hydrogen-bond donors (Lipinski definition) is 1. The van der Waals surface area contributed by atoms with Crippen LogP contribution in [0.4, 0.5) is 0 Å². The van der Waals surface area contributed by atoms with Crippen LogP contribution in [0.1, 0.15) is 44.4 Å². The fourth-order valence-electron chi connectivity index (χ4n) is 1.49. The molecule has 1 rings (SSSR count). The van der Waals surface area contributed by atoms with Gasteiger partial charge >= 0.3 is 0 Å². The fraction of sp³-hybridized carbons (Fsp3) is 0.571. The lowest BCUT2D eigenvalue weighted by Crippen LogP contribution is -2.12. The van der Waals surface area contributed by atoms with Crippen molar-refractivity contribution in [2.24, 2.45) is 11.7 Å². The van der Waals surface area contributed by atoms with E-state index in [1.807, 2.05) is 6.92 Å². The zero-order valence-corrected chi connectivity index (χ0v) is 10.8. The van der Waals surface area contributed by atoms with Crippen molar-refractivity contribution in [2.75, 3.05) is 6.61 Å². The molecule has 1 aromatic carbocycles. The van der Waals surface area contributed by atoms with Gasteiger partial charge in [-0.1, -0.05) is 32.4 Å². The van der Waals surface area contributed by atoms with E-state index in [1.165, 1.54) is 5.56 Å². The summed E-state index contributed by atoms with van der Waals surface area (Å²) in [7, 11) is 0. The molecule has 2 nitrogen and oxygen atoms in total. The molecular formula is C14H23NO. The average molecular weight is 221 g/mol. The maximum absolute atomic E-state index is 5.92. The predicted octanol–water partition coefficient (Wildman–Crippen LogP) is 3.44. The number of aryl methyl sites for hydroxylation is 1. The van der Waals surface area contributed by atoms with Crippen LogP contribution in [0.25, 0.3) is 0 Å². The highest BCUT2D eigenvalue weighted by Gasteiger charge is 2.09. The lowest BCUT2D eigenvalue weighted by molar-refractivity contribution is 0.253. The van der Waals surface area contributed by atoms with Crippen molar-refractivity contribution >= 4 is 0 Å². The van der Waals surface area contributed by atoms with Crippen LogP contribution in [-0.2, 0) is 0 Å². The molecule has 0 amide bonds. The van der Waals surface area contributed by atoms with E-state index in [0.29, 0.717) is 5.92 Å². The minimum atomic E-state index is 0.0209. The summed E-state index contributed by atoms with van der Waals surface area (Å²) in [6.07, 6.45) is 1.14. The van der Waals surface area contributed by atoms with Crippen molar-refractivity contribution in [3.05, 3.63) is 29.3 Å². The first kappa shape index (κ1) is 13.0. The largest absolute Gasteiger partial charge is 0.493 e. The van der Waals surface area contributed by atoms with Gasteiger partial charge in [0.25, 0.3) is 0 Å². The zero-order valence-electron chi connectivity index (χ0n) is 10.8. The second-order valence-electron chi connectivity index (χ2n) is 4.65. The molecule has 0 aliphatic rings. The molecule has 1 aromatic rings. The summed E-state index contributed by atoms with van der Waals surface area (Å²) in [5.74, 6) is 1.52. The van der Waals surface area contributed by atoms with Gasteiger partial charge in [0.05, 0.1) is 6.61 Å².